The van der Waals surface area contributed by atoms with Crippen molar-refractivity contribution >= 4 is 17.5 Å². The van der Waals surface area contributed by atoms with Gasteiger partial charge in [0.2, 0.25) is 0 Å². The van der Waals surface area contributed by atoms with Crippen LogP contribution in [0.1, 0.15) is 57.1 Å². The molecule has 0 unspecified atom stereocenters. The number of nitrogens with one attached hydrogen (secondary N) is 1. The van der Waals surface area contributed by atoms with Gasteiger partial charge < -0.3 is 5.32 Å². The molecule has 8 nitrogen and oxygen atoms in total. The predicted octanol–water partition coefficient (Wildman–Crippen LogP) is 7.47. The standard InChI is InChI=1S/C30H27F7N4O4/c1-17-11-23(31)5-8-25(17)26-14-20(27(42)19-3-6-24(7-4-19)41(44)45)9-10-39(26)40(28(43)38-2)16-18-12-21(29(32,33)34)15-22(13-18)30(35,36)37/h3-8,11-13,15,20,26H,9-10,14,16H2,1-2H3,(H,38,43)/t20-,26+/m1/s1. The van der Waals surface area contributed by atoms with Crippen LogP contribution in [0.3, 0.4) is 0 Å². The highest BCUT2D eigenvalue weighted by Crippen LogP contribution is 2.40. The number of rotatable bonds is 7. The molecule has 0 aromatic heterocycles. The Labute approximate surface area is 252 Å². The lowest BCUT2D eigenvalue weighted by Gasteiger charge is -2.45. The monoisotopic (exact) mass is 640 g/mol. The van der Waals surface area contributed by atoms with E-state index in [1.165, 1.54) is 48.5 Å². The van der Waals surface area contributed by atoms with Crippen molar-refractivity contribution in [3.63, 3.8) is 0 Å². The largest absolute Gasteiger partial charge is 0.416 e. The van der Waals surface area contributed by atoms with E-state index < -0.39 is 64.3 Å². The zero-order valence-electron chi connectivity index (χ0n) is 23.9. The Morgan fingerprint density at radius 1 is 0.978 bits per heavy atom. The summed E-state index contributed by atoms with van der Waals surface area (Å²) in [6, 6.07) is 8.20. The maximum Gasteiger partial charge on any atom is 0.416 e. The molecule has 240 valence electrons. The summed E-state index contributed by atoms with van der Waals surface area (Å²) in [5.74, 6) is -1.61. The SMILES string of the molecule is CNC(=O)N(Cc1cc(C(F)(F)F)cc(C(F)(F)F)c1)N1CC[C@@H](C(=O)c2ccc([N+](=O)[O-])cc2)C[C@H]1c1ccc(F)cc1C. The van der Waals surface area contributed by atoms with E-state index in [1.54, 1.807) is 6.92 Å². The highest BCUT2D eigenvalue weighted by atomic mass is 19.4. The highest BCUT2D eigenvalue weighted by Gasteiger charge is 2.40. The fourth-order valence-electron chi connectivity index (χ4n) is 5.46. The number of amides is 2. The van der Waals surface area contributed by atoms with E-state index in [4.69, 9.17) is 0 Å². The average Bonchev–Trinajstić information content (AvgIpc) is 2.98. The van der Waals surface area contributed by atoms with Crippen LogP contribution in [0.25, 0.3) is 0 Å². The first-order valence-corrected chi connectivity index (χ1v) is 13.6. The van der Waals surface area contributed by atoms with Crippen LogP contribution in [0.5, 0.6) is 0 Å². The van der Waals surface area contributed by atoms with E-state index in [0.717, 1.165) is 11.1 Å². The molecular formula is C30H27F7N4O4. The highest BCUT2D eigenvalue weighted by molar-refractivity contribution is 5.98. The second-order valence-electron chi connectivity index (χ2n) is 10.6. The van der Waals surface area contributed by atoms with Gasteiger partial charge in [0.25, 0.3) is 5.69 Å². The van der Waals surface area contributed by atoms with Gasteiger partial charge in [0.15, 0.2) is 5.78 Å². The van der Waals surface area contributed by atoms with Gasteiger partial charge in [-0.3, -0.25) is 19.9 Å². The van der Waals surface area contributed by atoms with Gasteiger partial charge in [-0.2, -0.15) is 26.3 Å². The number of non-ortho nitro benzene ring substituents is 1. The Hall–Kier alpha value is -4.53. The molecule has 45 heavy (non-hydrogen) atoms. The van der Waals surface area contributed by atoms with Crippen molar-refractivity contribution in [2.75, 3.05) is 13.6 Å². The minimum atomic E-state index is -5.10. The lowest BCUT2D eigenvalue weighted by atomic mass is 9.82. The first-order chi connectivity index (χ1) is 21.0. The van der Waals surface area contributed by atoms with Gasteiger partial charge in [-0.25, -0.2) is 14.2 Å². The molecule has 2 atom stereocenters. The number of alkyl halides is 6. The molecule has 0 saturated carbocycles. The molecule has 3 aromatic carbocycles. The molecule has 1 fully saturated rings. The van der Waals surface area contributed by atoms with Crippen LogP contribution in [0.2, 0.25) is 0 Å². The number of halogens is 7. The van der Waals surface area contributed by atoms with Crippen LogP contribution < -0.4 is 5.32 Å². The van der Waals surface area contributed by atoms with E-state index in [0.29, 0.717) is 23.3 Å². The van der Waals surface area contributed by atoms with E-state index in [9.17, 15) is 50.4 Å². The molecule has 1 saturated heterocycles. The van der Waals surface area contributed by atoms with Gasteiger partial charge in [-0.05, 0) is 78.9 Å². The summed E-state index contributed by atoms with van der Waals surface area (Å²) >= 11 is 0. The third-order valence-corrected chi connectivity index (χ3v) is 7.64. The van der Waals surface area contributed by atoms with E-state index in [-0.39, 0.29) is 42.5 Å². The number of ketones is 1. The first-order valence-electron chi connectivity index (χ1n) is 13.6. The van der Waals surface area contributed by atoms with Gasteiger partial charge in [-0.15, -0.1) is 0 Å². The average molecular weight is 641 g/mol. The van der Waals surface area contributed by atoms with Crippen molar-refractivity contribution in [3.05, 3.63) is 110 Å². The fourth-order valence-corrected chi connectivity index (χ4v) is 5.46. The number of benzene rings is 3. The lowest BCUT2D eigenvalue weighted by molar-refractivity contribution is -0.384. The summed E-state index contributed by atoms with van der Waals surface area (Å²) < 4.78 is 95.5. The van der Waals surface area contributed by atoms with Crippen LogP contribution in [-0.4, -0.2) is 40.3 Å². The number of aryl methyl sites for hydroxylation is 1. The van der Waals surface area contributed by atoms with E-state index in [1.807, 2.05) is 0 Å². The molecule has 0 spiro atoms. The minimum absolute atomic E-state index is 0.00624. The molecule has 15 heteroatoms. The maximum absolute atomic E-state index is 14.1. The van der Waals surface area contributed by atoms with E-state index in [2.05, 4.69) is 5.32 Å². The summed E-state index contributed by atoms with van der Waals surface area (Å²) in [7, 11) is 1.24. The molecule has 3 aromatic rings. The Bertz CT molecular complexity index is 1560. The molecule has 0 radical (unpaired) electrons. The number of hydrazine groups is 1. The van der Waals surface area contributed by atoms with Crippen molar-refractivity contribution in [2.24, 2.45) is 5.92 Å². The topological polar surface area (TPSA) is 95.8 Å². The number of nitro benzene ring substituents is 1. The minimum Gasteiger partial charge on any atom is -0.340 e. The summed E-state index contributed by atoms with van der Waals surface area (Å²) in [4.78, 5) is 37.0. The van der Waals surface area contributed by atoms with Gasteiger partial charge in [0.05, 0.1) is 28.6 Å². The number of hydrogen-bond donors (Lipinski definition) is 1. The van der Waals surface area contributed by atoms with Crippen LogP contribution in [-0.2, 0) is 18.9 Å². The van der Waals surface area contributed by atoms with Crippen molar-refractivity contribution in [1.82, 2.24) is 15.3 Å². The molecule has 1 N–H and O–H groups in total. The van der Waals surface area contributed by atoms with E-state index >= 15 is 0 Å². The number of hydrogen-bond acceptors (Lipinski definition) is 5. The zero-order chi connectivity index (χ0) is 33.3. The molecule has 0 aliphatic carbocycles. The fraction of sp³-hybridized carbons (Fsp3) is 0.333. The normalized spacial score (nSPS) is 17.5. The van der Waals surface area contributed by atoms with Gasteiger partial charge in [0, 0.05) is 37.2 Å². The number of Topliss-reactive ketones (excluding diaryl/α,β-unsaturated/α-hetero) is 1. The Balaban J connectivity index is 1.75. The van der Waals surface area contributed by atoms with Gasteiger partial charge in [-0.1, -0.05) is 6.07 Å². The zero-order valence-corrected chi connectivity index (χ0v) is 23.9. The number of carbonyl (C=O) groups is 2. The number of nitrogens with zero attached hydrogens (tertiary/aromatic N) is 3. The molecular weight excluding hydrogens is 613 g/mol. The van der Waals surface area contributed by atoms with Crippen LogP contribution >= 0.6 is 0 Å². The van der Waals surface area contributed by atoms with Crippen LogP contribution in [0.15, 0.2) is 60.7 Å². The quantitative estimate of drug-likeness (QED) is 0.125. The smallest absolute Gasteiger partial charge is 0.340 e. The Morgan fingerprint density at radius 3 is 2.09 bits per heavy atom. The predicted molar refractivity (Wildman–Crippen MR) is 147 cm³/mol. The summed E-state index contributed by atoms with van der Waals surface area (Å²) in [6.45, 7) is 0.860. The van der Waals surface area contributed by atoms with Crippen molar-refractivity contribution in [1.29, 1.82) is 0 Å². The first kappa shape index (κ1) is 33.4. The molecule has 2 amide bonds. The van der Waals surface area contributed by atoms with Gasteiger partial charge in [0.1, 0.15) is 5.82 Å². The summed E-state index contributed by atoms with van der Waals surface area (Å²) in [5, 5.41) is 15.8. The van der Waals surface area contributed by atoms with Gasteiger partial charge >= 0.3 is 18.4 Å². The summed E-state index contributed by atoms with van der Waals surface area (Å²) in [5.41, 5.74) is -2.63. The maximum atomic E-state index is 14.1. The summed E-state index contributed by atoms with van der Waals surface area (Å²) in [6.07, 6.45) is -10.0. The number of urea groups is 1. The number of nitro groups is 1. The van der Waals surface area contributed by atoms with Crippen LogP contribution in [0.4, 0.5) is 41.2 Å². The third-order valence-electron chi connectivity index (χ3n) is 7.64. The number of piperidine rings is 1. The molecule has 0 bridgehead atoms. The molecule has 4 rings (SSSR count). The second-order valence-corrected chi connectivity index (χ2v) is 10.6. The van der Waals surface area contributed by atoms with Crippen LogP contribution in [0, 0.1) is 28.8 Å². The lowest BCUT2D eigenvalue weighted by Crippen LogP contribution is -2.54. The third kappa shape index (κ3) is 7.59. The Kier molecular flexibility index (Phi) is 9.51. The van der Waals surface area contributed by atoms with Crippen molar-refractivity contribution in [2.45, 2.75) is 44.7 Å². The molecule has 1 aliphatic rings. The van der Waals surface area contributed by atoms with Crippen molar-refractivity contribution in [3.8, 4) is 0 Å². The second kappa shape index (κ2) is 12.8. The molecule has 1 heterocycles. The molecule has 1 aliphatic heterocycles. The van der Waals surface area contributed by atoms with Crippen molar-refractivity contribution < 1.29 is 45.2 Å². The Morgan fingerprint density at radius 2 is 1.58 bits per heavy atom. The number of carbonyl (C=O) groups excluding carboxylic acids is 2.